The van der Waals surface area contributed by atoms with Crippen molar-refractivity contribution in [3.05, 3.63) is 70.0 Å². The number of likely N-dealkylation sites (tertiary alicyclic amines) is 1. The van der Waals surface area contributed by atoms with Crippen molar-refractivity contribution >= 4 is 17.5 Å². The first-order valence-corrected chi connectivity index (χ1v) is 9.57. The first-order valence-electron chi connectivity index (χ1n) is 9.19. The molecule has 0 spiro atoms. The Bertz CT molecular complexity index is 810. The normalized spacial score (nSPS) is 20.3. The molecule has 3 N–H and O–H groups in total. The molecule has 0 bridgehead atoms. The van der Waals surface area contributed by atoms with E-state index in [1.54, 1.807) is 24.3 Å². The van der Waals surface area contributed by atoms with E-state index in [0.717, 1.165) is 24.1 Å². The van der Waals surface area contributed by atoms with Crippen LogP contribution < -0.4 is 11.1 Å². The van der Waals surface area contributed by atoms with Gasteiger partial charge in [0.05, 0.1) is 11.1 Å². The molecule has 144 valence electrons. The van der Waals surface area contributed by atoms with Crippen molar-refractivity contribution in [2.24, 2.45) is 5.73 Å². The van der Waals surface area contributed by atoms with E-state index >= 15 is 0 Å². The zero-order valence-corrected chi connectivity index (χ0v) is 16.3. The number of nitrogens with one attached hydrogen (secondary N) is 1. The van der Waals surface area contributed by atoms with Crippen LogP contribution in [0.3, 0.4) is 0 Å². The van der Waals surface area contributed by atoms with Crippen molar-refractivity contribution < 1.29 is 9.18 Å². The van der Waals surface area contributed by atoms with E-state index < -0.39 is 5.91 Å². The largest absolute Gasteiger partial charge is 0.366 e. The van der Waals surface area contributed by atoms with Gasteiger partial charge in [0.15, 0.2) is 0 Å². The Kier molecular flexibility index (Phi) is 6.15. The molecule has 27 heavy (non-hydrogen) atoms. The van der Waals surface area contributed by atoms with Gasteiger partial charge in [0.25, 0.3) is 0 Å². The molecule has 1 heterocycles. The smallest absolute Gasteiger partial charge is 0.248 e. The molecular weight excluding hydrogens is 365 g/mol. The molecule has 0 radical (unpaired) electrons. The average molecular weight is 390 g/mol. The van der Waals surface area contributed by atoms with Gasteiger partial charge in [-0.2, -0.15) is 0 Å². The van der Waals surface area contributed by atoms with Gasteiger partial charge in [-0.1, -0.05) is 29.8 Å². The predicted molar refractivity (Wildman–Crippen MR) is 106 cm³/mol. The number of carbonyl (C=O) groups excluding carboxylic acids is 1. The van der Waals surface area contributed by atoms with Crippen LogP contribution >= 0.6 is 11.6 Å². The number of halogens is 2. The third-order valence-electron chi connectivity index (χ3n) is 5.19. The van der Waals surface area contributed by atoms with Gasteiger partial charge in [0, 0.05) is 30.7 Å². The van der Waals surface area contributed by atoms with Crippen LogP contribution in [-0.2, 0) is 6.54 Å². The quantitative estimate of drug-likeness (QED) is 0.787. The van der Waals surface area contributed by atoms with Crippen molar-refractivity contribution in [3.8, 4) is 0 Å². The fraction of sp³-hybridized carbons (Fsp3) is 0.381. The molecule has 2 aromatic carbocycles. The third-order valence-corrected chi connectivity index (χ3v) is 5.50. The lowest BCUT2D eigenvalue weighted by Gasteiger charge is -2.32. The Balaban J connectivity index is 1.76. The Morgan fingerprint density at radius 3 is 2.59 bits per heavy atom. The maximum absolute atomic E-state index is 14.0. The second-order valence-electron chi connectivity index (χ2n) is 7.29. The average Bonchev–Trinajstić information content (AvgIpc) is 3.07. The van der Waals surface area contributed by atoms with Gasteiger partial charge in [0.2, 0.25) is 5.91 Å². The standard InChI is InChI=1S/C21H25ClFN3O/c1-13(2)26-10-9-19(20(26)16-7-8-17(22)18(23)11-16)25-12-14-3-5-15(6-4-14)21(24)27/h3-8,11,13,19-20,25H,9-10,12H2,1-2H3,(H2,24,27)/t19-,20-/m1/s1. The van der Waals surface area contributed by atoms with Crippen molar-refractivity contribution in [2.45, 2.75) is 44.9 Å². The van der Waals surface area contributed by atoms with Gasteiger partial charge in [0.1, 0.15) is 5.82 Å². The van der Waals surface area contributed by atoms with Gasteiger partial charge in [-0.15, -0.1) is 0 Å². The van der Waals surface area contributed by atoms with Gasteiger partial charge in [-0.05, 0) is 55.7 Å². The van der Waals surface area contributed by atoms with Crippen molar-refractivity contribution in [3.63, 3.8) is 0 Å². The highest BCUT2D eigenvalue weighted by molar-refractivity contribution is 6.30. The van der Waals surface area contributed by atoms with Crippen LogP contribution in [0.15, 0.2) is 42.5 Å². The highest BCUT2D eigenvalue weighted by Crippen LogP contribution is 2.35. The van der Waals surface area contributed by atoms with E-state index in [9.17, 15) is 9.18 Å². The minimum Gasteiger partial charge on any atom is -0.366 e. The number of amides is 1. The topological polar surface area (TPSA) is 58.4 Å². The number of benzene rings is 2. The molecule has 1 aliphatic rings. The van der Waals surface area contributed by atoms with Crippen LogP contribution in [0.5, 0.6) is 0 Å². The van der Waals surface area contributed by atoms with Gasteiger partial charge >= 0.3 is 0 Å². The van der Waals surface area contributed by atoms with E-state index in [1.165, 1.54) is 0 Å². The van der Waals surface area contributed by atoms with Crippen LogP contribution in [0.4, 0.5) is 4.39 Å². The molecular formula is C21H25ClFN3O. The van der Waals surface area contributed by atoms with Crippen LogP contribution in [0.2, 0.25) is 5.02 Å². The third kappa shape index (κ3) is 4.49. The SMILES string of the molecule is CC(C)N1CC[C@@H](NCc2ccc(C(N)=O)cc2)[C@H]1c1ccc(Cl)c(F)c1. The lowest BCUT2D eigenvalue weighted by Crippen LogP contribution is -2.38. The van der Waals surface area contributed by atoms with Crippen molar-refractivity contribution in [1.29, 1.82) is 0 Å². The van der Waals surface area contributed by atoms with Crippen LogP contribution in [0.25, 0.3) is 0 Å². The number of primary amides is 1. The number of hydrogen-bond donors (Lipinski definition) is 2. The lowest BCUT2D eigenvalue weighted by molar-refractivity contribution is 0.100. The summed E-state index contributed by atoms with van der Waals surface area (Å²) in [5.74, 6) is -0.812. The second kappa shape index (κ2) is 8.38. The Morgan fingerprint density at radius 2 is 2.00 bits per heavy atom. The predicted octanol–water partition coefficient (Wildman–Crippen LogP) is 3.89. The summed E-state index contributed by atoms with van der Waals surface area (Å²) >= 11 is 5.86. The molecule has 4 nitrogen and oxygen atoms in total. The highest BCUT2D eigenvalue weighted by atomic mass is 35.5. The van der Waals surface area contributed by atoms with Crippen molar-refractivity contribution in [2.75, 3.05) is 6.54 Å². The lowest BCUT2D eigenvalue weighted by atomic mass is 9.98. The van der Waals surface area contributed by atoms with Gasteiger partial charge < -0.3 is 11.1 Å². The fourth-order valence-electron chi connectivity index (χ4n) is 3.77. The number of hydrogen-bond acceptors (Lipinski definition) is 3. The minimum atomic E-state index is -0.428. The molecule has 0 unspecified atom stereocenters. The Labute approximate surface area is 164 Å². The van der Waals surface area contributed by atoms with Gasteiger partial charge in [-0.25, -0.2) is 4.39 Å². The summed E-state index contributed by atoms with van der Waals surface area (Å²) in [6.45, 7) is 5.93. The molecule has 0 saturated carbocycles. The summed E-state index contributed by atoms with van der Waals surface area (Å²) in [6.07, 6.45) is 0.979. The van der Waals surface area contributed by atoms with E-state index in [0.29, 0.717) is 18.2 Å². The molecule has 0 aliphatic carbocycles. The maximum atomic E-state index is 14.0. The van der Waals surface area contributed by atoms with E-state index in [2.05, 4.69) is 24.1 Å². The molecule has 1 fully saturated rings. The summed E-state index contributed by atoms with van der Waals surface area (Å²) in [5.41, 5.74) is 7.79. The van der Waals surface area contributed by atoms with Gasteiger partial charge in [-0.3, -0.25) is 9.69 Å². The minimum absolute atomic E-state index is 0.0849. The second-order valence-corrected chi connectivity index (χ2v) is 7.69. The first-order chi connectivity index (χ1) is 12.9. The summed E-state index contributed by atoms with van der Waals surface area (Å²) in [5, 5.41) is 3.75. The van der Waals surface area contributed by atoms with Crippen LogP contribution in [-0.4, -0.2) is 29.4 Å². The maximum Gasteiger partial charge on any atom is 0.248 e. The molecule has 1 aliphatic heterocycles. The summed E-state index contributed by atoms with van der Waals surface area (Å²) in [6, 6.07) is 13.0. The molecule has 1 amide bonds. The van der Waals surface area contributed by atoms with E-state index in [-0.39, 0.29) is 22.9 Å². The highest BCUT2D eigenvalue weighted by Gasteiger charge is 2.36. The van der Waals surface area contributed by atoms with Crippen LogP contribution in [0, 0.1) is 5.82 Å². The van der Waals surface area contributed by atoms with Crippen molar-refractivity contribution in [1.82, 2.24) is 10.2 Å². The summed E-state index contributed by atoms with van der Waals surface area (Å²) < 4.78 is 14.0. The summed E-state index contributed by atoms with van der Waals surface area (Å²) in [4.78, 5) is 13.6. The number of nitrogens with two attached hydrogens (primary N) is 1. The molecule has 3 rings (SSSR count). The van der Waals surface area contributed by atoms with Crippen LogP contribution in [0.1, 0.15) is 47.8 Å². The van der Waals surface area contributed by atoms with E-state index in [4.69, 9.17) is 17.3 Å². The zero-order chi connectivity index (χ0) is 19.6. The first kappa shape index (κ1) is 19.8. The fourth-order valence-corrected chi connectivity index (χ4v) is 3.88. The molecule has 2 aromatic rings. The summed E-state index contributed by atoms with van der Waals surface area (Å²) in [7, 11) is 0. The Hall–Kier alpha value is -1.95. The number of rotatable bonds is 6. The number of nitrogens with zero attached hydrogens (tertiary/aromatic N) is 1. The number of carbonyl (C=O) groups is 1. The monoisotopic (exact) mass is 389 g/mol. The molecule has 6 heteroatoms. The van der Waals surface area contributed by atoms with E-state index in [1.807, 2.05) is 18.2 Å². The molecule has 1 saturated heterocycles. The molecule has 2 atom stereocenters. The zero-order valence-electron chi connectivity index (χ0n) is 15.6. The molecule has 0 aromatic heterocycles. The Morgan fingerprint density at radius 1 is 1.30 bits per heavy atom.